The number of oxazole rings is 1. The molecule has 0 radical (unpaired) electrons. The molecule has 5 rings (SSSR count). The maximum Gasteiger partial charge on any atom is 0.253 e. The van der Waals surface area contributed by atoms with Crippen LogP contribution in [0.4, 0.5) is 10.3 Å². The van der Waals surface area contributed by atoms with Crippen LogP contribution in [-0.2, 0) is 9.84 Å². The summed E-state index contributed by atoms with van der Waals surface area (Å²) in [5.41, 5.74) is 0.404. The fourth-order valence-electron chi connectivity index (χ4n) is 3.78. The summed E-state index contributed by atoms with van der Waals surface area (Å²) in [6.07, 6.45) is 0. The first-order valence-corrected chi connectivity index (χ1v) is 12.9. The molecular formula is C24H20FN3O4S2. The Labute approximate surface area is 200 Å². The van der Waals surface area contributed by atoms with Gasteiger partial charge in [-0.2, -0.15) is 4.98 Å². The van der Waals surface area contributed by atoms with Crippen molar-refractivity contribution in [3.8, 4) is 10.8 Å². The summed E-state index contributed by atoms with van der Waals surface area (Å²) < 4.78 is 46.0. The number of rotatable bonds is 5. The molecular weight excluding hydrogens is 477 g/mol. The van der Waals surface area contributed by atoms with Crippen molar-refractivity contribution < 1.29 is 22.0 Å². The number of carbonyl (C=O) groups is 1. The SMILES string of the molecule is O=C(c1ccc(F)cc1)N1CCN(c2oc(-c3cccs3)nc2S(=O)(=O)c2ccccc2)CC1. The van der Waals surface area contributed by atoms with E-state index in [1.54, 1.807) is 28.0 Å². The van der Waals surface area contributed by atoms with Crippen LogP contribution in [0.25, 0.3) is 10.8 Å². The van der Waals surface area contributed by atoms with E-state index in [1.807, 2.05) is 17.5 Å². The Balaban J connectivity index is 1.43. The molecule has 0 N–H and O–H groups in total. The second-order valence-electron chi connectivity index (χ2n) is 7.71. The van der Waals surface area contributed by atoms with Crippen molar-refractivity contribution >= 4 is 33.0 Å². The average Bonchev–Trinajstić information content (AvgIpc) is 3.55. The number of aromatic nitrogens is 1. The lowest BCUT2D eigenvalue weighted by molar-refractivity contribution is 0.0745. The molecule has 0 spiro atoms. The topological polar surface area (TPSA) is 83.7 Å². The third-order valence-corrected chi connectivity index (χ3v) is 8.09. The Kier molecular flexibility index (Phi) is 5.93. The summed E-state index contributed by atoms with van der Waals surface area (Å²) in [6.45, 7) is 1.44. The highest BCUT2D eigenvalue weighted by atomic mass is 32.2. The van der Waals surface area contributed by atoms with Crippen LogP contribution >= 0.6 is 11.3 Å². The van der Waals surface area contributed by atoms with Crippen molar-refractivity contribution in [2.24, 2.45) is 0 Å². The van der Waals surface area contributed by atoms with E-state index >= 15 is 0 Å². The van der Waals surface area contributed by atoms with E-state index in [0.29, 0.717) is 31.7 Å². The molecule has 0 unspecified atom stereocenters. The highest BCUT2D eigenvalue weighted by Gasteiger charge is 2.33. The molecule has 2 aromatic heterocycles. The van der Waals surface area contributed by atoms with Crippen molar-refractivity contribution in [1.29, 1.82) is 0 Å². The van der Waals surface area contributed by atoms with E-state index in [-0.39, 0.29) is 27.6 Å². The van der Waals surface area contributed by atoms with Gasteiger partial charge in [0.15, 0.2) is 0 Å². The minimum atomic E-state index is -3.92. The van der Waals surface area contributed by atoms with Crippen molar-refractivity contribution in [3.05, 3.63) is 83.5 Å². The fourth-order valence-corrected chi connectivity index (χ4v) is 5.77. The number of piperazine rings is 1. The lowest BCUT2D eigenvalue weighted by Gasteiger charge is -2.34. The molecule has 0 atom stereocenters. The predicted molar refractivity (Wildman–Crippen MR) is 126 cm³/mol. The van der Waals surface area contributed by atoms with Crippen LogP contribution in [0.15, 0.2) is 86.4 Å². The maximum atomic E-state index is 13.4. The number of hydrogen-bond acceptors (Lipinski definition) is 7. The molecule has 4 aromatic rings. The van der Waals surface area contributed by atoms with E-state index in [9.17, 15) is 17.6 Å². The Morgan fingerprint density at radius 1 is 0.941 bits per heavy atom. The summed E-state index contributed by atoms with van der Waals surface area (Å²) in [7, 11) is -3.92. The Morgan fingerprint density at radius 2 is 1.65 bits per heavy atom. The fraction of sp³-hybridized carbons (Fsp3) is 0.167. The summed E-state index contributed by atoms with van der Waals surface area (Å²) in [5.74, 6) is -0.195. The van der Waals surface area contributed by atoms with E-state index in [2.05, 4.69) is 4.98 Å². The summed E-state index contributed by atoms with van der Waals surface area (Å²) in [4.78, 5) is 21.5. The van der Waals surface area contributed by atoms with E-state index in [4.69, 9.17) is 4.42 Å². The Bertz CT molecular complexity index is 1390. The van der Waals surface area contributed by atoms with Gasteiger partial charge in [-0.25, -0.2) is 12.8 Å². The van der Waals surface area contributed by atoms with E-state index < -0.39 is 15.7 Å². The van der Waals surface area contributed by atoms with Crippen molar-refractivity contribution in [1.82, 2.24) is 9.88 Å². The largest absolute Gasteiger partial charge is 0.418 e. The van der Waals surface area contributed by atoms with Crippen LogP contribution in [-0.4, -0.2) is 50.4 Å². The highest BCUT2D eigenvalue weighted by Crippen LogP contribution is 2.36. The van der Waals surface area contributed by atoms with Crippen molar-refractivity contribution in [2.45, 2.75) is 9.92 Å². The number of carbonyl (C=O) groups excluding carboxylic acids is 1. The Morgan fingerprint density at radius 3 is 2.29 bits per heavy atom. The Hall–Kier alpha value is -3.50. The second kappa shape index (κ2) is 9.03. The van der Waals surface area contributed by atoms with Gasteiger partial charge in [0.1, 0.15) is 5.82 Å². The maximum absolute atomic E-state index is 13.4. The van der Waals surface area contributed by atoms with Crippen molar-refractivity contribution in [2.75, 3.05) is 31.1 Å². The molecule has 3 heterocycles. The molecule has 1 saturated heterocycles. The third-order valence-electron chi connectivity index (χ3n) is 5.56. The molecule has 2 aromatic carbocycles. The lowest BCUT2D eigenvalue weighted by Crippen LogP contribution is -2.49. The van der Waals surface area contributed by atoms with Gasteiger partial charge in [-0.05, 0) is 47.8 Å². The predicted octanol–water partition coefficient (Wildman–Crippen LogP) is 4.34. The monoisotopic (exact) mass is 497 g/mol. The number of sulfone groups is 1. The number of nitrogens with zero attached hydrogens (tertiary/aromatic N) is 3. The molecule has 0 aliphatic carbocycles. The minimum absolute atomic E-state index is 0.132. The zero-order valence-electron chi connectivity index (χ0n) is 17.9. The molecule has 1 aliphatic rings. The molecule has 1 amide bonds. The van der Waals surface area contributed by atoms with Crippen LogP contribution in [0.5, 0.6) is 0 Å². The van der Waals surface area contributed by atoms with Crippen LogP contribution in [0.1, 0.15) is 10.4 Å². The average molecular weight is 498 g/mol. The lowest BCUT2D eigenvalue weighted by atomic mass is 10.2. The molecule has 7 nitrogen and oxygen atoms in total. The summed E-state index contributed by atoms with van der Waals surface area (Å²) in [6, 6.07) is 17.2. The second-order valence-corrected chi connectivity index (χ2v) is 10.5. The van der Waals surface area contributed by atoms with Crippen LogP contribution in [0.2, 0.25) is 0 Å². The summed E-state index contributed by atoms with van der Waals surface area (Å²) in [5, 5.41) is 1.73. The number of amides is 1. The van der Waals surface area contributed by atoms with Gasteiger partial charge in [-0.15, -0.1) is 11.3 Å². The molecule has 10 heteroatoms. The van der Waals surface area contributed by atoms with Gasteiger partial charge in [0.25, 0.3) is 5.91 Å². The number of hydrogen-bond donors (Lipinski definition) is 0. The third kappa shape index (κ3) is 4.22. The zero-order valence-corrected chi connectivity index (χ0v) is 19.6. The standard InChI is InChI=1S/C24H20FN3O4S2/c25-18-10-8-17(9-11-18)23(29)27-12-14-28(15-13-27)24-22(26-21(32-24)20-7-4-16-33-20)34(30,31)19-5-2-1-3-6-19/h1-11,16H,12-15H2. The van der Waals surface area contributed by atoms with Gasteiger partial charge in [-0.1, -0.05) is 24.3 Å². The quantitative estimate of drug-likeness (QED) is 0.408. The van der Waals surface area contributed by atoms with Gasteiger partial charge in [0.05, 0.1) is 9.77 Å². The van der Waals surface area contributed by atoms with Gasteiger partial charge in [0.2, 0.25) is 26.6 Å². The number of halogens is 1. The van der Waals surface area contributed by atoms with E-state index in [1.165, 1.54) is 47.7 Å². The zero-order chi connectivity index (χ0) is 23.7. The first-order valence-electron chi connectivity index (χ1n) is 10.6. The molecule has 34 heavy (non-hydrogen) atoms. The normalized spacial score (nSPS) is 14.4. The first kappa shape index (κ1) is 22.3. The minimum Gasteiger partial charge on any atom is -0.418 e. The van der Waals surface area contributed by atoms with Gasteiger partial charge < -0.3 is 14.2 Å². The molecule has 1 fully saturated rings. The van der Waals surface area contributed by atoms with Crippen LogP contribution in [0, 0.1) is 5.82 Å². The number of benzene rings is 2. The first-order chi connectivity index (χ1) is 16.4. The molecule has 0 bridgehead atoms. The van der Waals surface area contributed by atoms with Gasteiger partial charge >= 0.3 is 0 Å². The molecule has 0 saturated carbocycles. The highest BCUT2D eigenvalue weighted by molar-refractivity contribution is 7.91. The molecule has 1 aliphatic heterocycles. The van der Waals surface area contributed by atoms with Gasteiger partial charge in [-0.3, -0.25) is 4.79 Å². The smallest absolute Gasteiger partial charge is 0.253 e. The number of anilines is 1. The summed E-state index contributed by atoms with van der Waals surface area (Å²) >= 11 is 1.40. The van der Waals surface area contributed by atoms with Crippen molar-refractivity contribution in [3.63, 3.8) is 0 Å². The van der Waals surface area contributed by atoms with Gasteiger partial charge in [0, 0.05) is 31.7 Å². The van der Waals surface area contributed by atoms with Crippen LogP contribution in [0.3, 0.4) is 0 Å². The van der Waals surface area contributed by atoms with Crippen LogP contribution < -0.4 is 4.90 Å². The van der Waals surface area contributed by atoms with E-state index in [0.717, 1.165) is 4.88 Å². The number of thiophene rings is 1. The molecule has 174 valence electrons.